The molecule has 1 heterocycles. The predicted octanol–water partition coefficient (Wildman–Crippen LogP) is -0.398. The van der Waals surface area contributed by atoms with Crippen LogP contribution in [-0.4, -0.2) is 40.1 Å². The number of rotatable bonds is 2. The fourth-order valence-corrected chi connectivity index (χ4v) is 1.89. The molecule has 0 unspecified atom stereocenters. The molecular weight excluding hydrogens is 154 g/mol. The van der Waals surface area contributed by atoms with E-state index < -0.39 is 12.0 Å². The molecule has 0 radical (unpaired) electrons. The number of amides is 1. The Morgan fingerprint density at radius 2 is 2.50 bits per heavy atom. The second-order valence-electron chi connectivity index (χ2n) is 1.97. The molecule has 1 rings (SSSR count). The molecule has 0 saturated carbocycles. The number of nitrogens with zero attached hydrogens (tertiary/aromatic N) is 1. The van der Waals surface area contributed by atoms with E-state index in [0.717, 1.165) is 0 Å². The molecule has 1 aliphatic rings. The lowest BCUT2D eigenvalue weighted by atomic mass is 10.3. The highest BCUT2D eigenvalue weighted by atomic mass is 32.2. The summed E-state index contributed by atoms with van der Waals surface area (Å²) in [6.45, 7) is 0. The average Bonchev–Trinajstić information content (AvgIpc) is 2.33. The van der Waals surface area contributed by atoms with Crippen molar-refractivity contribution < 1.29 is 14.7 Å². The first kappa shape index (κ1) is 7.40. The van der Waals surface area contributed by atoms with Crippen LogP contribution >= 0.6 is 11.8 Å². The molecule has 0 aliphatic carbocycles. The van der Waals surface area contributed by atoms with Gasteiger partial charge >= 0.3 is 5.97 Å². The van der Waals surface area contributed by atoms with Crippen LogP contribution in [0.2, 0.25) is 0 Å². The zero-order valence-electron chi connectivity index (χ0n) is 5.19. The molecule has 1 saturated heterocycles. The molecule has 1 aliphatic heterocycles. The fourth-order valence-electron chi connectivity index (χ4n) is 0.772. The van der Waals surface area contributed by atoms with Gasteiger partial charge in [-0.05, 0) is 0 Å². The maximum atomic E-state index is 10.4. The van der Waals surface area contributed by atoms with E-state index in [2.05, 4.69) is 0 Å². The number of carboxylic acids is 1. The van der Waals surface area contributed by atoms with E-state index in [1.54, 1.807) is 0 Å². The molecule has 56 valence electrons. The van der Waals surface area contributed by atoms with Crippen LogP contribution in [-0.2, 0) is 9.59 Å². The summed E-state index contributed by atoms with van der Waals surface area (Å²) < 4.78 is 0. The molecule has 0 aromatic carbocycles. The largest absolute Gasteiger partial charge is 0.480 e. The van der Waals surface area contributed by atoms with E-state index in [1.807, 2.05) is 0 Å². The van der Waals surface area contributed by atoms with Crippen molar-refractivity contribution in [3.05, 3.63) is 0 Å². The van der Waals surface area contributed by atoms with Gasteiger partial charge in [-0.25, -0.2) is 4.79 Å². The zero-order valence-corrected chi connectivity index (χ0v) is 6.00. The molecule has 0 aromatic rings. The van der Waals surface area contributed by atoms with Gasteiger partial charge in [0.1, 0.15) is 6.04 Å². The Morgan fingerprint density at radius 3 is 2.90 bits per heavy atom. The van der Waals surface area contributed by atoms with Gasteiger partial charge in [0, 0.05) is 5.75 Å². The first-order valence-electron chi connectivity index (χ1n) is 2.77. The molecule has 4 nitrogen and oxygen atoms in total. The Bertz CT molecular complexity index is 161. The van der Waals surface area contributed by atoms with Crippen LogP contribution in [0, 0.1) is 0 Å². The molecular formula is C5H7NO3S. The van der Waals surface area contributed by atoms with E-state index in [4.69, 9.17) is 5.11 Å². The first-order chi connectivity index (χ1) is 4.75. The van der Waals surface area contributed by atoms with Crippen molar-refractivity contribution in [2.45, 2.75) is 6.04 Å². The summed E-state index contributed by atoms with van der Waals surface area (Å²) >= 11 is 1.46. The van der Waals surface area contributed by atoms with Gasteiger partial charge < -0.3 is 10.0 Å². The molecule has 5 heteroatoms. The van der Waals surface area contributed by atoms with Gasteiger partial charge in [0.25, 0.3) is 0 Å². The standard InChI is InChI=1S/C5H7NO3S/c7-2-6-3-10-1-4(6)5(8)9/h2,4H,1,3H2,(H,8,9)/t4-/m0/s1. The van der Waals surface area contributed by atoms with Gasteiger partial charge in [-0.15, -0.1) is 11.8 Å². The summed E-state index contributed by atoms with van der Waals surface area (Å²) in [5.41, 5.74) is 0. The maximum Gasteiger partial charge on any atom is 0.327 e. The number of aliphatic carboxylic acids is 1. The van der Waals surface area contributed by atoms with Crippen molar-refractivity contribution in [2.24, 2.45) is 0 Å². The quantitative estimate of drug-likeness (QED) is 0.560. The SMILES string of the molecule is O=CN1CSC[C@H]1C(=O)O. The van der Waals surface area contributed by atoms with Crippen LogP contribution in [0.3, 0.4) is 0 Å². The smallest absolute Gasteiger partial charge is 0.327 e. The molecule has 1 fully saturated rings. The van der Waals surface area contributed by atoms with E-state index in [1.165, 1.54) is 16.7 Å². The van der Waals surface area contributed by atoms with Crippen LogP contribution in [0.15, 0.2) is 0 Å². The minimum Gasteiger partial charge on any atom is -0.480 e. The van der Waals surface area contributed by atoms with Gasteiger partial charge in [-0.1, -0.05) is 0 Å². The van der Waals surface area contributed by atoms with Crippen LogP contribution in [0.1, 0.15) is 0 Å². The molecule has 1 N–H and O–H groups in total. The number of hydrogen-bond acceptors (Lipinski definition) is 3. The normalized spacial score (nSPS) is 24.8. The Balaban J connectivity index is 2.58. The average molecular weight is 161 g/mol. The summed E-state index contributed by atoms with van der Waals surface area (Å²) in [5.74, 6) is 0.0891. The number of thioether (sulfide) groups is 1. The van der Waals surface area contributed by atoms with Gasteiger partial charge in [0.2, 0.25) is 6.41 Å². The Hall–Kier alpha value is -0.710. The van der Waals surface area contributed by atoms with Crippen molar-refractivity contribution in [1.29, 1.82) is 0 Å². The Morgan fingerprint density at radius 1 is 1.80 bits per heavy atom. The highest BCUT2D eigenvalue weighted by molar-refractivity contribution is 7.99. The van der Waals surface area contributed by atoms with Crippen LogP contribution in [0.25, 0.3) is 0 Å². The minimum absolute atomic E-state index is 0.500. The van der Waals surface area contributed by atoms with Crippen LogP contribution in [0.4, 0.5) is 0 Å². The summed E-state index contributed by atoms with van der Waals surface area (Å²) in [4.78, 5) is 21.8. The van der Waals surface area contributed by atoms with E-state index in [-0.39, 0.29) is 0 Å². The lowest BCUT2D eigenvalue weighted by molar-refractivity contribution is -0.144. The summed E-state index contributed by atoms with van der Waals surface area (Å²) in [6, 6.07) is -0.609. The number of carbonyl (C=O) groups excluding carboxylic acids is 1. The second kappa shape index (κ2) is 2.92. The van der Waals surface area contributed by atoms with Crippen LogP contribution in [0.5, 0.6) is 0 Å². The summed E-state index contributed by atoms with van der Waals surface area (Å²) in [5, 5.41) is 8.50. The van der Waals surface area contributed by atoms with Crippen molar-refractivity contribution in [1.82, 2.24) is 4.90 Å². The zero-order chi connectivity index (χ0) is 7.56. The van der Waals surface area contributed by atoms with Crippen molar-refractivity contribution in [3.63, 3.8) is 0 Å². The van der Waals surface area contributed by atoms with E-state index in [0.29, 0.717) is 18.0 Å². The van der Waals surface area contributed by atoms with Crippen molar-refractivity contribution in [2.75, 3.05) is 11.6 Å². The third kappa shape index (κ3) is 1.23. The van der Waals surface area contributed by atoms with E-state index >= 15 is 0 Å². The molecule has 1 amide bonds. The topological polar surface area (TPSA) is 57.6 Å². The van der Waals surface area contributed by atoms with Crippen LogP contribution < -0.4 is 0 Å². The summed E-state index contributed by atoms with van der Waals surface area (Å²) in [6.07, 6.45) is 0.582. The Labute approximate surface area is 62.2 Å². The highest BCUT2D eigenvalue weighted by Crippen LogP contribution is 2.18. The lowest BCUT2D eigenvalue weighted by Crippen LogP contribution is -2.36. The number of carboxylic acid groups (broad SMARTS) is 1. The molecule has 0 bridgehead atoms. The second-order valence-corrected chi connectivity index (χ2v) is 2.97. The Kier molecular flexibility index (Phi) is 2.16. The third-order valence-electron chi connectivity index (χ3n) is 1.34. The molecule has 0 spiro atoms. The highest BCUT2D eigenvalue weighted by Gasteiger charge is 2.29. The number of hydrogen-bond donors (Lipinski definition) is 1. The van der Waals surface area contributed by atoms with E-state index in [9.17, 15) is 9.59 Å². The minimum atomic E-state index is -0.919. The fraction of sp³-hybridized carbons (Fsp3) is 0.600. The van der Waals surface area contributed by atoms with Gasteiger partial charge in [-0.2, -0.15) is 0 Å². The van der Waals surface area contributed by atoms with Gasteiger partial charge in [0.15, 0.2) is 0 Å². The monoisotopic (exact) mass is 161 g/mol. The molecule has 0 aromatic heterocycles. The van der Waals surface area contributed by atoms with Crippen molar-refractivity contribution in [3.8, 4) is 0 Å². The first-order valence-corrected chi connectivity index (χ1v) is 3.93. The van der Waals surface area contributed by atoms with Gasteiger partial charge in [0.05, 0.1) is 5.88 Å². The van der Waals surface area contributed by atoms with Gasteiger partial charge in [-0.3, -0.25) is 4.79 Å². The molecule has 1 atom stereocenters. The number of carbonyl (C=O) groups is 2. The summed E-state index contributed by atoms with van der Waals surface area (Å²) in [7, 11) is 0. The predicted molar refractivity (Wildman–Crippen MR) is 36.7 cm³/mol. The lowest BCUT2D eigenvalue weighted by Gasteiger charge is -2.12. The maximum absolute atomic E-state index is 10.4. The third-order valence-corrected chi connectivity index (χ3v) is 2.37. The molecule has 10 heavy (non-hydrogen) atoms. The van der Waals surface area contributed by atoms with Crippen molar-refractivity contribution >= 4 is 24.1 Å².